The summed E-state index contributed by atoms with van der Waals surface area (Å²) in [6, 6.07) is 19.7. The SMILES string of the molecule is O=C(Cn1cc(/C=N\Nc2ncccc2[N+](=O)[O-])c2ccccc21)Nc1ccccc1. The van der Waals surface area contributed by atoms with Gasteiger partial charge in [-0.1, -0.05) is 36.4 Å². The van der Waals surface area contributed by atoms with Crippen molar-refractivity contribution in [1.29, 1.82) is 0 Å². The number of amides is 1. The van der Waals surface area contributed by atoms with Gasteiger partial charge in [-0.25, -0.2) is 4.98 Å². The molecule has 0 radical (unpaired) electrons. The molecule has 0 aliphatic heterocycles. The lowest BCUT2D eigenvalue weighted by molar-refractivity contribution is -0.384. The van der Waals surface area contributed by atoms with Gasteiger partial charge < -0.3 is 9.88 Å². The van der Waals surface area contributed by atoms with Crippen molar-refractivity contribution < 1.29 is 9.72 Å². The van der Waals surface area contributed by atoms with Crippen molar-refractivity contribution in [2.75, 3.05) is 10.7 Å². The Kier molecular flexibility index (Phi) is 5.66. The van der Waals surface area contributed by atoms with Gasteiger partial charge in [-0.15, -0.1) is 0 Å². The second kappa shape index (κ2) is 8.87. The molecule has 2 N–H and O–H groups in total. The Bertz CT molecular complexity index is 1270. The minimum atomic E-state index is -0.526. The van der Waals surface area contributed by atoms with Gasteiger partial charge in [0, 0.05) is 40.6 Å². The molecule has 0 saturated heterocycles. The van der Waals surface area contributed by atoms with E-state index in [9.17, 15) is 14.9 Å². The molecule has 0 aliphatic carbocycles. The number of aromatic nitrogens is 2. The van der Waals surface area contributed by atoms with E-state index in [0.29, 0.717) is 0 Å². The van der Waals surface area contributed by atoms with Crippen LogP contribution in [-0.2, 0) is 11.3 Å². The summed E-state index contributed by atoms with van der Waals surface area (Å²) in [6.45, 7) is 0.127. The van der Waals surface area contributed by atoms with E-state index in [1.54, 1.807) is 6.21 Å². The van der Waals surface area contributed by atoms with E-state index in [1.165, 1.54) is 18.3 Å². The highest BCUT2D eigenvalue weighted by molar-refractivity contribution is 6.00. The molecule has 9 heteroatoms. The Morgan fingerprint density at radius 1 is 1.10 bits per heavy atom. The lowest BCUT2D eigenvalue weighted by Crippen LogP contribution is -2.18. The van der Waals surface area contributed by atoms with Crippen LogP contribution in [0.25, 0.3) is 10.9 Å². The fourth-order valence-electron chi connectivity index (χ4n) is 3.18. The molecule has 4 aromatic rings. The zero-order valence-electron chi connectivity index (χ0n) is 16.3. The third kappa shape index (κ3) is 4.56. The number of rotatable bonds is 7. The third-order valence-corrected chi connectivity index (χ3v) is 4.55. The van der Waals surface area contributed by atoms with Gasteiger partial charge in [0.1, 0.15) is 6.54 Å². The first kappa shape index (κ1) is 19.8. The Balaban J connectivity index is 1.55. The normalized spacial score (nSPS) is 11.0. The highest BCUT2D eigenvalue weighted by Crippen LogP contribution is 2.22. The molecule has 0 bridgehead atoms. The maximum Gasteiger partial charge on any atom is 0.313 e. The molecule has 154 valence electrons. The van der Waals surface area contributed by atoms with E-state index >= 15 is 0 Å². The lowest BCUT2D eigenvalue weighted by Gasteiger charge is -2.07. The van der Waals surface area contributed by atoms with Crippen molar-refractivity contribution in [3.8, 4) is 0 Å². The summed E-state index contributed by atoms with van der Waals surface area (Å²) in [4.78, 5) is 27.0. The Hall–Kier alpha value is -4.53. The molecule has 0 aliphatic rings. The Morgan fingerprint density at radius 3 is 2.68 bits per heavy atom. The fraction of sp³-hybridized carbons (Fsp3) is 0.0455. The summed E-state index contributed by atoms with van der Waals surface area (Å²) in [5, 5.41) is 19.0. The average molecular weight is 414 g/mol. The van der Waals surface area contributed by atoms with E-state index in [1.807, 2.05) is 65.4 Å². The summed E-state index contributed by atoms with van der Waals surface area (Å²) in [7, 11) is 0. The van der Waals surface area contributed by atoms with Crippen LogP contribution < -0.4 is 10.7 Å². The topological polar surface area (TPSA) is 114 Å². The van der Waals surface area contributed by atoms with Crippen molar-refractivity contribution in [2.24, 2.45) is 5.10 Å². The summed E-state index contributed by atoms with van der Waals surface area (Å²) in [5.74, 6) is -0.104. The van der Waals surface area contributed by atoms with Gasteiger partial charge in [-0.2, -0.15) is 5.10 Å². The molecule has 9 nitrogen and oxygen atoms in total. The van der Waals surface area contributed by atoms with Crippen LogP contribution in [0.15, 0.2) is 84.2 Å². The number of nitrogens with one attached hydrogen (secondary N) is 2. The van der Waals surface area contributed by atoms with Crippen molar-refractivity contribution in [2.45, 2.75) is 6.54 Å². The van der Waals surface area contributed by atoms with Gasteiger partial charge >= 0.3 is 5.69 Å². The fourth-order valence-corrected chi connectivity index (χ4v) is 3.18. The van der Waals surface area contributed by atoms with Crippen molar-refractivity contribution in [3.63, 3.8) is 0 Å². The number of hydrogen-bond donors (Lipinski definition) is 2. The minimum Gasteiger partial charge on any atom is -0.337 e. The van der Waals surface area contributed by atoms with Crippen LogP contribution in [0.5, 0.6) is 0 Å². The number of hydrogen-bond acceptors (Lipinski definition) is 6. The second-order valence-electron chi connectivity index (χ2n) is 6.64. The van der Waals surface area contributed by atoms with E-state index < -0.39 is 4.92 Å². The zero-order valence-corrected chi connectivity index (χ0v) is 16.3. The van der Waals surface area contributed by atoms with Crippen LogP contribution in [0.2, 0.25) is 0 Å². The molecule has 1 amide bonds. The molecule has 2 aromatic heterocycles. The molecular weight excluding hydrogens is 396 g/mol. The smallest absolute Gasteiger partial charge is 0.313 e. The highest BCUT2D eigenvalue weighted by atomic mass is 16.6. The minimum absolute atomic E-state index is 0.0507. The molecule has 0 spiro atoms. The number of pyridine rings is 1. The monoisotopic (exact) mass is 414 g/mol. The Morgan fingerprint density at radius 2 is 1.87 bits per heavy atom. The lowest BCUT2D eigenvalue weighted by atomic mass is 10.2. The molecule has 4 rings (SSSR count). The number of hydrazone groups is 1. The van der Waals surface area contributed by atoms with Crippen molar-refractivity contribution in [3.05, 3.63) is 94.8 Å². The number of fused-ring (bicyclic) bond motifs is 1. The maximum absolute atomic E-state index is 12.5. The van der Waals surface area contributed by atoms with Crippen molar-refractivity contribution >= 4 is 40.2 Å². The molecule has 31 heavy (non-hydrogen) atoms. The molecule has 0 unspecified atom stereocenters. The number of nitrogens with zero attached hydrogens (tertiary/aromatic N) is 4. The maximum atomic E-state index is 12.5. The number of anilines is 2. The van der Waals surface area contributed by atoms with Crippen LogP contribution in [0.4, 0.5) is 17.2 Å². The second-order valence-corrected chi connectivity index (χ2v) is 6.64. The number of benzene rings is 2. The summed E-state index contributed by atoms with van der Waals surface area (Å²) >= 11 is 0. The van der Waals surface area contributed by atoms with Crippen molar-refractivity contribution in [1.82, 2.24) is 9.55 Å². The van der Waals surface area contributed by atoms with E-state index in [4.69, 9.17) is 0 Å². The first-order chi connectivity index (χ1) is 15.1. The first-order valence-corrected chi connectivity index (χ1v) is 9.43. The Labute approximate surface area is 177 Å². The van der Waals surface area contributed by atoms with Crippen LogP contribution in [0.3, 0.4) is 0 Å². The standard InChI is InChI=1S/C22H18N6O3/c29-21(25-17-7-2-1-3-8-17)15-27-14-16(18-9-4-5-10-19(18)27)13-24-26-22-20(28(30)31)11-6-12-23-22/h1-14H,15H2,(H,23,26)(H,25,29)/b24-13-. The van der Waals surface area contributed by atoms with Gasteiger partial charge in [-0.3, -0.25) is 20.3 Å². The quantitative estimate of drug-likeness (QED) is 0.269. The predicted molar refractivity (Wildman–Crippen MR) is 119 cm³/mol. The molecule has 2 aromatic carbocycles. The largest absolute Gasteiger partial charge is 0.337 e. The van der Waals surface area contributed by atoms with Gasteiger partial charge in [0.2, 0.25) is 11.7 Å². The van der Waals surface area contributed by atoms with E-state index in [-0.39, 0.29) is 24.0 Å². The van der Waals surface area contributed by atoms with Crippen LogP contribution in [-0.4, -0.2) is 26.6 Å². The summed E-state index contributed by atoms with van der Waals surface area (Å²) < 4.78 is 1.83. The molecule has 0 fully saturated rings. The highest BCUT2D eigenvalue weighted by Gasteiger charge is 2.13. The van der Waals surface area contributed by atoms with Gasteiger partial charge in [0.25, 0.3) is 0 Å². The summed E-state index contributed by atoms with van der Waals surface area (Å²) in [5.41, 5.74) is 4.81. The number of carbonyl (C=O) groups is 1. The van der Waals surface area contributed by atoms with Gasteiger partial charge in [0.05, 0.1) is 11.1 Å². The van der Waals surface area contributed by atoms with Crippen LogP contribution in [0, 0.1) is 10.1 Å². The van der Waals surface area contributed by atoms with E-state index in [0.717, 1.165) is 22.2 Å². The van der Waals surface area contributed by atoms with Gasteiger partial charge in [-0.05, 0) is 24.3 Å². The van der Waals surface area contributed by atoms with Crippen LogP contribution >= 0.6 is 0 Å². The molecule has 0 saturated carbocycles. The molecule has 2 heterocycles. The third-order valence-electron chi connectivity index (χ3n) is 4.55. The predicted octanol–water partition coefficient (Wildman–Crippen LogP) is 4.03. The number of carbonyl (C=O) groups excluding carboxylic acids is 1. The van der Waals surface area contributed by atoms with Crippen LogP contribution in [0.1, 0.15) is 5.56 Å². The van der Waals surface area contributed by atoms with Gasteiger partial charge in [0.15, 0.2) is 0 Å². The van der Waals surface area contributed by atoms with E-state index in [2.05, 4.69) is 20.8 Å². The molecular formula is C22H18N6O3. The zero-order chi connectivity index (χ0) is 21.6. The number of para-hydroxylation sites is 2. The summed E-state index contributed by atoms with van der Waals surface area (Å²) in [6.07, 6.45) is 4.81. The average Bonchev–Trinajstić information content (AvgIpc) is 3.12. The number of nitro groups is 1. The molecule has 0 atom stereocenters. The first-order valence-electron chi connectivity index (χ1n) is 9.43.